The lowest BCUT2D eigenvalue weighted by Gasteiger charge is -2.05. The minimum atomic E-state index is -4.32. The van der Waals surface area contributed by atoms with E-state index in [0.717, 1.165) is 12.1 Å². The van der Waals surface area contributed by atoms with Crippen LogP contribution in [-0.2, 0) is 11.0 Å². The largest absolute Gasteiger partial charge is 0.416 e. The normalized spacial score (nSPS) is 18.5. The number of hydrazine groups is 1. The second kappa shape index (κ2) is 4.20. The molecule has 3 nitrogen and oxygen atoms in total. The van der Waals surface area contributed by atoms with Crippen molar-refractivity contribution < 1.29 is 22.7 Å². The molecule has 0 atom stereocenters. The zero-order valence-corrected chi connectivity index (χ0v) is 8.79. The molecule has 0 bridgehead atoms. The molecule has 0 aliphatic carbocycles. The highest BCUT2D eigenvalue weighted by Gasteiger charge is 2.30. The molecule has 6 heteroatoms. The van der Waals surface area contributed by atoms with Gasteiger partial charge in [0.1, 0.15) is 0 Å². The van der Waals surface area contributed by atoms with Crippen LogP contribution in [0.15, 0.2) is 24.3 Å². The Bertz CT molecular complexity index is 463. The molecule has 1 aliphatic heterocycles. The lowest BCUT2D eigenvalue weighted by Crippen LogP contribution is -2.25. The second-order valence-electron chi connectivity index (χ2n) is 3.73. The first kappa shape index (κ1) is 11.6. The molecule has 1 fully saturated rings. The molecule has 90 valence electrons. The molecule has 1 aromatic carbocycles. The van der Waals surface area contributed by atoms with E-state index in [1.165, 1.54) is 12.1 Å². The third-order valence-electron chi connectivity index (χ3n) is 2.39. The van der Waals surface area contributed by atoms with E-state index in [-0.39, 0.29) is 5.91 Å². The molecule has 1 amide bonds. The average molecular weight is 243 g/mol. The van der Waals surface area contributed by atoms with Gasteiger partial charge in [0.25, 0.3) is 5.91 Å². The van der Waals surface area contributed by atoms with Gasteiger partial charge in [-0.25, -0.2) is 0 Å². The molecule has 0 unspecified atom stereocenters. The van der Waals surface area contributed by atoms with Crippen LogP contribution in [0, 0.1) is 0 Å². The van der Waals surface area contributed by atoms with Crippen LogP contribution >= 0.6 is 0 Å². The van der Waals surface area contributed by atoms with Gasteiger partial charge in [0, 0.05) is 5.56 Å². The molecule has 0 spiro atoms. The van der Waals surface area contributed by atoms with Crippen molar-refractivity contribution in [1.82, 2.24) is 5.43 Å². The minimum absolute atomic E-state index is 0.0897. The van der Waals surface area contributed by atoms with Crippen LogP contribution in [0.2, 0.25) is 0 Å². The van der Waals surface area contributed by atoms with E-state index in [1.54, 1.807) is 10.9 Å². The van der Waals surface area contributed by atoms with E-state index in [4.69, 9.17) is 0 Å². The van der Waals surface area contributed by atoms with Crippen LogP contribution in [0.3, 0.4) is 0 Å². The molecule has 0 aromatic heterocycles. The van der Waals surface area contributed by atoms with Gasteiger partial charge in [-0.2, -0.15) is 13.2 Å². The maximum absolute atomic E-state index is 12.3. The molecule has 1 heterocycles. The zero-order valence-electron chi connectivity index (χ0n) is 8.79. The summed E-state index contributed by atoms with van der Waals surface area (Å²) >= 11 is 0. The van der Waals surface area contributed by atoms with Gasteiger partial charge in [-0.05, 0) is 24.3 Å². The van der Waals surface area contributed by atoms with E-state index >= 15 is 0 Å². The van der Waals surface area contributed by atoms with Crippen LogP contribution in [0.5, 0.6) is 0 Å². The Morgan fingerprint density at radius 3 is 2.35 bits per heavy atom. The van der Waals surface area contributed by atoms with Crippen molar-refractivity contribution >= 4 is 12.1 Å². The summed E-state index contributed by atoms with van der Waals surface area (Å²) in [4.78, 5) is 10.9. The number of carbonyl (C=O) groups excluding carboxylic acids is 1. The van der Waals surface area contributed by atoms with E-state index in [0.29, 0.717) is 18.5 Å². The number of amides is 1. The number of hydrogen-bond acceptors (Lipinski definition) is 1. The summed E-state index contributed by atoms with van der Waals surface area (Å²) < 4.78 is 38.5. The second-order valence-corrected chi connectivity index (χ2v) is 3.73. The van der Waals surface area contributed by atoms with Crippen LogP contribution in [0.25, 0.3) is 0 Å². The number of hydrogen-bond donors (Lipinski definition) is 1. The summed E-state index contributed by atoms with van der Waals surface area (Å²) in [6.07, 6.45) is -2.32. The monoisotopic (exact) mass is 243 g/mol. The number of benzene rings is 1. The predicted molar refractivity (Wildman–Crippen MR) is 54.5 cm³/mol. The fraction of sp³-hybridized carbons (Fsp3) is 0.273. The SMILES string of the molecule is O=C1CC/[N+](=C/c2ccc(C(F)(F)F)cc2)N1. The van der Waals surface area contributed by atoms with Crippen molar-refractivity contribution in [2.24, 2.45) is 0 Å². The van der Waals surface area contributed by atoms with E-state index < -0.39 is 11.7 Å². The van der Waals surface area contributed by atoms with Crippen LogP contribution < -0.4 is 5.43 Å². The maximum Gasteiger partial charge on any atom is 0.416 e. The summed E-state index contributed by atoms with van der Waals surface area (Å²) in [5.41, 5.74) is 2.49. The number of nitrogens with zero attached hydrogens (tertiary/aromatic N) is 1. The first-order chi connectivity index (χ1) is 7.95. The van der Waals surface area contributed by atoms with Crippen LogP contribution in [0.4, 0.5) is 13.2 Å². The van der Waals surface area contributed by atoms with Gasteiger partial charge in [0.05, 0.1) is 12.0 Å². The molecule has 2 rings (SSSR count). The van der Waals surface area contributed by atoms with Crippen molar-refractivity contribution in [3.63, 3.8) is 0 Å². The summed E-state index contributed by atoms with van der Waals surface area (Å²) in [5.74, 6) is -0.0897. The quantitative estimate of drug-likeness (QED) is 0.746. The molecule has 17 heavy (non-hydrogen) atoms. The number of nitrogens with one attached hydrogen (secondary N) is 1. The highest BCUT2D eigenvalue weighted by Crippen LogP contribution is 2.28. The first-order valence-electron chi connectivity index (χ1n) is 5.03. The van der Waals surface area contributed by atoms with Crippen molar-refractivity contribution in [2.45, 2.75) is 12.6 Å². The molecule has 1 saturated heterocycles. The molecule has 1 aromatic rings. The highest BCUT2D eigenvalue weighted by molar-refractivity contribution is 5.79. The van der Waals surface area contributed by atoms with Crippen LogP contribution in [-0.4, -0.2) is 23.4 Å². The van der Waals surface area contributed by atoms with Crippen LogP contribution in [0.1, 0.15) is 17.5 Å². The summed E-state index contributed by atoms with van der Waals surface area (Å²) in [7, 11) is 0. The minimum Gasteiger partial charge on any atom is -0.269 e. The topological polar surface area (TPSA) is 32.1 Å². The van der Waals surface area contributed by atoms with Crippen molar-refractivity contribution in [2.75, 3.05) is 6.54 Å². The smallest absolute Gasteiger partial charge is 0.269 e. The van der Waals surface area contributed by atoms with Gasteiger partial charge in [0.2, 0.25) is 6.21 Å². The molecule has 1 N–H and O–H groups in total. The third kappa shape index (κ3) is 2.83. The Morgan fingerprint density at radius 2 is 1.88 bits per heavy atom. The Balaban J connectivity index is 2.16. The van der Waals surface area contributed by atoms with Crippen molar-refractivity contribution in [3.8, 4) is 0 Å². The Labute approximate surface area is 95.5 Å². The summed E-state index contributed by atoms with van der Waals surface area (Å²) in [6.45, 7) is 0.528. The lowest BCUT2D eigenvalue weighted by atomic mass is 10.1. The molecular weight excluding hydrogens is 233 g/mol. The van der Waals surface area contributed by atoms with Crippen molar-refractivity contribution in [3.05, 3.63) is 35.4 Å². The number of alkyl halides is 3. The zero-order chi connectivity index (χ0) is 12.5. The first-order valence-corrected chi connectivity index (χ1v) is 5.03. The third-order valence-corrected chi connectivity index (χ3v) is 2.39. The molecule has 0 saturated carbocycles. The average Bonchev–Trinajstić information content (AvgIpc) is 2.63. The van der Waals surface area contributed by atoms with E-state index in [2.05, 4.69) is 5.43 Å². The predicted octanol–water partition coefficient (Wildman–Crippen LogP) is 1.57. The van der Waals surface area contributed by atoms with E-state index in [1.807, 2.05) is 0 Å². The number of hydrazone groups is 1. The fourth-order valence-corrected chi connectivity index (χ4v) is 1.53. The highest BCUT2D eigenvalue weighted by atomic mass is 19.4. The van der Waals surface area contributed by atoms with E-state index in [9.17, 15) is 18.0 Å². The molecule has 1 aliphatic rings. The van der Waals surface area contributed by atoms with Crippen molar-refractivity contribution in [1.29, 1.82) is 0 Å². The van der Waals surface area contributed by atoms with Gasteiger partial charge in [-0.3, -0.25) is 4.79 Å². The number of carbonyl (C=O) groups is 1. The maximum atomic E-state index is 12.3. The summed E-state index contributed by atoms with van der Waals surface area (Å²) in [6, 6.07) is 4.77. The number of halogens is 3. The van der Waals surface area contributed by atoms with Gasteiger partial charge in [0.15, 0.2) is 6.54 Å². The fourth-order valence-electron chi connectivity index (χ4n) is 1.53. The van der Waals surface area contributed by atoms with Gasteiger partial charge in [-0.15, -0.1) is 10.1 Å². The summed E-state index contributed by atoms with van der Waals surface area (Å²) in [5, 5.41) is 0. The number of rotatable bonds is 1. The Kier molecular flexibility index (Phi) is 2.87. The molecular formula is C11H10F3N2O+. The van der Waals surface area contributed by atoms with Gasteiger partial charge >= 0.3 is 6.18 Å². The Hall–Kier alpha value is -1.85. The lowest BCUT2D eigenvalue weighted by molar-refractivity contribution is -0.553. The van der Waals surface area contributed by atoms with Gasteiger partial charge in [-0.1, -0.05) is 0 Å². The Morgan fingerprint density at radius 1 is 1.24 bits per heavy atom. The standard InChI is InChI=1S/C11H9F3N2O/c12-11(13,14)9-3-1-8(2-4-9)7-16-6-5-10(17)15-16/h1-4,7H,5-6H2/p+1/b16-7-. The molecule has 0 radical (unpaired) electrons. The van der Waals surface area contributed by atoms with Gasteiger partial charge < -0.3 is 0 Å².